The third-order valence-corrected chi connectivity index (χ3v) is 3.10. The zero-order valence-electron chi connectivity index (χ0n) is 13.0. The molecular weight excluding hydrogens is 325 g/mol. The highest BCUT2D eigenvalue weighted by atomic mass is 19.4. The molecule has 7 heteroatoms. The zero-order valence-corrected chi connectivity index (χ0v) is 13.0. The molecule has 0 N–H and O–H groups in total. The molecule has 1 atom stereocenters. The van der Waals surface area contributed by atoms with Gasteiger partial charge in [-0.25, -0.2) is 4.79 Å². The molecule has 0 heterocycles. The molecule has 4 nitrogen and oxygen atoms in total. The highest BCUT2D eigenvalue weighted by molar-refractivity contribution is 5.74. The molecule has 0 aliphatic rings. The van der Waals surface area contributed by atoms with Gasteiger partial charge in [0.05, 0.1) is 12.7 Å². The molecule has 0 aliphatic carbocycles. The molecule has 2 rings (SSSR count). The number of halogens is 3. The van der Waals surface area contributed by atoms with Gasteiger partial charge < -0.3 is 14.2 Å². The molecule has 0 saturated heterocycles. The lowest BCUT2D eigenvalue weighted by Gasteiger charge is -2.16. The molecule has 0 saturated carbocycles. The average molecular weight is 340 g/mol. The van der Waals surface area contributed by atoms with Crippen LogP contribution in [0.2, 0.25) is 0 Å². The molecule has 2 aromatic carbocycles. The van der Waals surface area contributed by atoms with Crippen LogP contribution in [0.1, 0.15) is 12.5 Å². The number of hydrogen-bond acceptors (Lipinski definition) is 4. The van der Waals surface area contributed by atoms with Crippen LogP contribution < -0.4 is 9.47 Å². The first-order valence-electron chi connectivity index (χ1n) is 7.00. The van der Waals surface area contributed by atoms with Crippen LogP contribution in [0.15, 0.2) is 48.5 Å². The summed E-state index contributed by atoms with van der Waals surface area (Å²) in [7, 11) is 1.24. The van der Waals surface area contributed by atoms with Gasteiger partial charge in [-0.15, -0.1) is 0 Å². The van der Waals surface area contributed by atoms with Gasteiger partial charge in [0.1, 0.15) is 5.75 Å². The Labute approximate surface area is 136 Å². The normalized spacial score (nSPS) is 12.4. The number of alkyl halides is 3. The number of carbonyl (C=O) groups excluding carboxylic acids is 1. The summed E-state index contributed by atoms with van der Waals surface area (Å²) in [6, 6.07) is 10.8. The van der Waals surface area contributed by atoms with Gasteiger partial charge in [0, 0.05) is 0 Å². The Morgan fingerprint density at radius 2 is 1.58 bits per heavy atom. The first kappa shape index (κ1) is 17.7. The van der Waals surface area contributed by atoms with Gasteiger partial charge in [-0.3, -0.25) is 0 Å². The molecule has 24 heavy (non-hydrogen) atoms. The van der Waals surface area contributed by atoms with Gasteiger partial charge in [-0.2, -0.15) is 13.2 Å². The van der Waals surface area contributed by atoms with Gasteiger partial charge in [0.15, 0.2) is 17.6 Å². The fourth-order valence-corrected chi connectivity index (χ4v) is 1.88. The maximum Gasteiger partial charge on any atom is 0.416 e. The van der Waals surface area contributed by atoms with Crippen molar-refractivity contribution in [2.45, 2.75) is 19.2 Å². The smallest absolute Gasteiger partial charge is 0.416 e. The number of para-hydroxylation sites is 2. The van der Waals surface area contributed by atoms with E-state index in [9.17, 15) is 18.0 Å². The van der Waals surface area contributed by atoms with Crippen molar-refractivity contribution in [1.82, 2.24) is 0 Å². The van der Waals surface area contributed by atoms with Crippen LogP contribution in [0.3, 0.4) is 0 Å². The topological polar surface area (TPSA) is 44.8 Å². The minimum atomic E-state index is -4.41. The third kappa shape index (κ3) is 4.41. The molecular formula is C17H15F3O4. The fourth-order valence-electron chi connectivity index (χ4n) is 1.88. The Morgan fingerprint density at radius 1 is 1.00 bits per heavy atom. The fraction of sp³-hybridized carbons (Fsp3) is 0.235. The number of benzene rings is 2. The third-order valence-electron chi connectivity index (χ3n) is 3.10. The van der Waals surface area contributed by atoms with Crippen molar-refractivity contribution >= 4 is 5.97 Å². The van der Waals surface area contributed by atoms with Crippen molar-refractivity contribution in [1.29, 1.82) is 0 Å². The Hall–Kier alpha value is -2.70. The summed E-state index contributed by atoms with van der Waals surface area (Å²) in [5.41, 5.74) is -0.765. The Morgan fingerprint density at radius 3 is 2.12 bits per heavy atom. The molecule has 0 amide bonds. The van der Waals surface area contributed by atoms with E-state index in [0.717, 1.165) is 12.1 Å². The highest BCUT2D eigenvalue weighted by Crippen LogP contribution is 2.34. The molecule has 0 aliphatic heterocycles. The van der Waals surface area contributed by atoms with Crippen LogP contribution in [-0.4, -0.2) is 19.2 Å². The number of ether oxygens (including phenoxy) is 3. The average Bonchev–Trinajstić information content (AvgIpc) is 2.55. The summed E-state index contributed by atoms with van der Waals surface area (Å²) in [6.07, 6.45) is -5.26. The maximum absolute atomic E-state index is 12.6. The number of methoxy groups -OCH3 is 1. The van der Waals surface area contributed by atoms with Crippen LogP contribution >= 0.6 is 0 Å². The lowest BCUT2D eigenvalue weighted by atomic mass is 10.2. The number of esters is 1. The monoisotopic (exact) mass is 340 g/mol. The van der Waals surface area contributed by atoms with Gasteiger partial charge in [-0.05, 0) is 43.3 Å². The second-order valence-electron chi connectivity index (χ2n) is 4.85. The van der Waals surface area contributed by atoms with Crippen molar-refractivity contribution in [3.63, 3.8) is 0 Å². The van der Waals surface area contributed by atoms with Crippen molar-refractivity contribution in [3.8, 4) is 17.2 Å². The molecule has 0 fully saturated rings. The predicted molar refractivity (Wildman–Crippen MR) is 80.1 cm³/mol. The molecule has 0 bridgehead atoms. The summed E-state index contributed by atoms with van der Waals surface area (Å²) < 4.78 is 53.3. The summed E-state index contributed by atoms with van der Waals surface area (Å²) >= 11 is 0. The quantitative estimate of drug-likeness (QED) is 0.755. The first-order valence-corrected chi connectivity index (χ1v) is 7.00. The molecule has 2 aromatic rings. The summed E-state index contributed by atoms with van der Waals surface area (Å²) in [5, 5.41) is 0. The van der Waals surface area contributed by atoms with E-state index in [1.54, 1.807) is 24.3 Å². The van der Waals surface area contributed by atoms with Gasteiger partial charge in [0.2, 0.25) is 0 Å². The maximum atomic E-state index is 12.6. The Balaban J connectivity index is 2.17. The summed E-state index contributed by atoms with van der Waals surface area (Å²) in [6.45, 7) is 1.51. The van der Waals surface area contributed by atoms with E-state index in [2.05, 4.69) is 4.74 Å². The molecule has 1 unspecified atom stereocenters. The lowest BCUT2D eigenvalue weighted by Crippen LogP contribution is -2.25. The van der Waals surface area contributed by atoms with Crippen LogP contribution in [-0.2, 0) is 15.7 Å². The molecule has 0 aromatic heterocycles. The lowest BCUT2D eigenvalue weighted by molar-refractivity contribution is -0.148. The van der Waals surface area contributed by atoms with E-state index in [1.165, 1.54) is 26.2 Å². The summed E-state index contributed by atoms with van der Waals surface area (Å²) in [4.78, 5) is 11.4. The van der Waals surface area contributed by atoms with E-state index in [1.807, 2.05) is 0 Å². The second-order valence-corrected chi connectivity index (χ2v) is 4.85. The van der Waals surface area contributed by atoms with Crippen LogP contribution in [0.25, 0.3) is 0 Å². The minimum Gasteiger partial charge on any atom is -0.475 e. The Kier molecular flexibility index (Phi) is 5.33. The van der Waals surface area contributed by atoms with Gasteiger partial charge >= 0.3 is 12.1 Å². The summed E-state index contributed by atoms with van der Waals surface area (Å²) in [5.74, 6) is 0.201. The molecule has 0 spiro atoms. The standard InChI is InChI=1S/C17H15F3O4/c1-11(16(21)22-2)23-14-5-3-4-6-15(14)24-13-9-7-12(8-10-13)17(18,19)20/h3-11H,1-2H3. The predicted octanol–water partition coefficient (Wildman–Crippen LogP) is 4.44. The van der Waals surface area contributed by atoms with Crippen molar-refractivity contribution in [2.75, 3.05) is 7.11 Å². The van der Waals surface area contributed by atoms with Crippen LogP contribution in [0.5, 0.6) is 17.2 Å². The van der Waals surface area contributed by atoms with Crippen LogP contribution in [0, 0.1) is 0 Å². The van der Waals surface area contributed by atoms with E-state index < -0.39 is 23.8 Å². The molecule has 128 valence electrons. The highest BCUT2D eigenvalue weighted by Gasteiger charge is 2.30. The zero-order chi connectivity index (χ0) is 17.7. The SMILES string of the molecule is COC(=O)C(C)Oc1ccccc1Oc1ccc(C(F)(F)F)cc1. The number of rotatable bonds is 5. The number of hydrogen-bond donors (Lipinski definition) is 0. The van der Waals surface area contributed by atoms with Gasteiger partial charge in [0.25, 0.3) is 0 Å². The number of carbonyl (C=O) groups is 1. The van der Waals surface area contributed by atoms with Crippen molar-refractivity contribution in [3.05, 3.63) is 54.1 Å². The van der Waals surface area contributed by atoms with Crippen molar-refractivity contribution in [2.24, 2.45) is 0 Å². The van der Waals surface area contributed by atoms with E-state index in [4.69, 9.17) is 9.47 Å². The van der Waals surface area contributed by atoms with E-state index in [-0.39, 0.29) is 17.2 Å². The van der Waals surface area contributed by atoms with Crippen molar-refractivity contribution < 1.29 is 32.2 Å². The van der Waals surface area contributed by atoms with E-state index >= 15 is 0 Å². The largest absolute Gasteiger partial charge is 0.475 e. The van der Waals surface area contributed by atoms with Crippen LogP contribution in [0.4, 0.5) is 13.2 Å². The molecule has 0 radical (unpaired) electrons. The first-order chi connectivity index (χ1) is 11.3. The Bertz CT molecular complexity index is 696. The van der Waals surface area contributed by atoms with E-state index in [0.29, 0.717) is 0 Å². The second kappa shape index (κ2) is 7.25. The van der Waals surface area contributed by atoms with Gasteiger partial charge in [-0.1, -0.05) is 12.1 Å². The minimum absolute atomic E-state index is 0.213.